The first kappa shape index (κ1) is 16.5. The molecule has 2 aromatic carbocycles. The molecule has 2 rings (SSSR count). The first-order valence-electron chi connectivity index (χ1n) is 7.41. The number of para-hydroxylation sites is 2. The molecule has 0 fully saturated rings. The van der Waals surface area contributed by atoms with Gasteiger partial charge in [0.05, 0.1) is 0 Å². The number of aryl methyl sites for hydroxylation is 2. The molecule has 0 aliphatic heterocycles. The number of ether oxygens (including phenoxy) is 3. The summed E-state index contributed by atoms with van der Waals surface area (Å²) in [6.07, 6.45) is -0.856. The second kappa shape index (κ2) is 7.98. The van der Waals surface area contributed by atoms with E-state index in [1.807, 2.05) is 38.1 Å². The molecular formula is C18H18O5. The molecule has 0 aliphatic rings. The summed E-state index contributed by atoms with van der Waals surface area (Å²) in [6.45, 7) is 3.87. The molecule has 5 nitrogen and oxygen atoms in total. The molecule has 2 aromatic rings. The number of benzene rings is 2. The number of carbonyl (C=O) groups excluding carboxylic acids is 2. The number of rotatable bonds is 4. The van der Waals surface area contributed by atoms with Gasteiger partial charge in [-0.15, -0.1) is 0 Å². The van der Waals surface area contributed by atoms with E-state index in [0.717, 1.165) is 11.1 Å². The quantitative estimate of drug-likeness (QED) is 0.471. The van der Waals surface area contributed by atoms with Crippen molar-refractivity contribution >= 4 is 12.3 Å². The summed E-state index contributed by atoms with van der Waals surface area (Å²) in [6, 6.07) is 14.1. The van der Waals surface area contributed by atoms with Crippen molar-refractivity contribution in [1.29, 1.82) is 0 Å². The fourth-order valence-electron chi connectivity index (χ4n) is 2.08. The fraction of sp³-hybridized carbons (Fsp3) is 0.222. The van der Waals surface area contributed by atoms with Crippen LogP contribution in [0.3, 0.4) is 0 Å². The van der Waals surface area contributed by atoms with Gasteiger partial charge in [-0.05, 0) is 36.1 Å². The Kier molecular flexibility index (Phi) is 5.74. The first-order valence-corrected chi connectivity index (χ1v) is 7.41. The molecule has 0 radical (unpaired) electrons. The van der Waals surface area contributed by atoms with Crippen LogP contribution in [0.2, 0.25) is 0 Å². The van der Waals surface area contributed by atoms with E-state index in [1.165, 1.54) is 0 Å². The maximum atomic E-state index is 11.7. The van der Waals surface area contributed by atoms with Crippen LogP contribution in [0.1, 0.15) is 25.0 Å². The zero-order chi connectivity index (χ0) is 16.7. The molecule has 0 spiro atoms. The summed E-state index contributed by atoms with van der Waals surface area (Å²) in [7, 11) is 0. The van der Waals surface area contributed by atoms with Crippen LogP contribution in [0.5, 0.6) is 11.5 Å². The average molecular weight is 314 g/mol. The lowest BCUT2D eigenvalue weighted by atomic mass is 10.1. The monoisotopic (exact) mass is 314 g/mol. The largest absolute Gasteiger partial charge is 0.524 e. The zero-order valence-electron chi connectivity index (χ0n) is 13.1. The lowest BCUT2D eigenvalue weighted by Gasteiger charge is -2.09. The maximum absolute atomic E-state index is 11.7. The van der Waals surface area contributed by atoms with Crippen molar-refractivity contribution in [2.75, 3.05) is 0 Å². The number of hydrogen-bond donors (Lipinski definition) is 0. The molecule has 0 heterocycles. The highest BCUT2D eigenvalue weighted by Gasteiger charge is 2.17. The van der Waals surface area contributed by atoms with Gasteiger partial charge in [-0.1, -0.05) is 50.2 Å². The highest BCUT2D eigenvalue weighted by molar-refractivity contribution is 5.79. The van der Waals surface area contributed by atoms with E-state index >= 15 is 0 Å². The molecule has 0 amide bonds. The summed E-state index contributed by atoms with van der Waals surface area (Å²) in [4.78, 5) is 23.4. The third kappa shape index (κ3) is 4.57. The molecule has 0 bridgehead atoms. The highest BCUT2D eigenvalue weighted by Crippen LogP contribution is 2.20. The molecule has 5 heteroatoms. The third-order valence-electron chi connectivity index (χ3n) is 3.26. The normalized spacial score (nSPS) is 10.0. The average Bonchev–Trinajstić information content (AvgIpc) is 2.55. The van der Waals surface area contributed by atoms with Crippen molar-refractivity contribution in [1.82, 2.24) is 0 Å². The van der Waals surface area contributed by atoms with Gasteiger partial charge in [0.25, 0.3) is 0 Å². The van der Waals surface area contributed by atoms with Gasteiger partial charge in [0.1, 0.15) is 11.5 Å². The second-order valence-corrected chi connectivity index (χ2v) is 4.73. The standard InChI is InChI=1S/C18H18O5/c1-3-13-9-5-7-11-15(13)21-17(19)23-18(20)22-16-12-8-6-10-14(16)4-2/h5-12H,3-4H2,1-2H3. The summed E-state index contributed by atoms with van der Waals surface area (Å²) in [5.41, 5.74) is 1.68. The van der Waals surface area contributed by atoms with Crippen molar-refractivity contribution < 1.29 is 23.8 Å². The lowest BCUT2D eigenvalue weighted by molar-refractivity contribution is 0.0891. The Labute approximate surface area is 134 Å². The van der Waals surface area contributed by atoms with Gasteiger partial charge in [-0.3, -0.25) is 0 Å². The Morgan fingerprint density at radius 1 is 0.739 bits per heavy atom. The smallest absolute Gasteiger partial charge is 0.394 e. The fourth-order valence-corrected chi connectivity index (χ4v) is 2.08. The molecule has 0 N–H and O–H groups in total. The molecule has 120 valence electrons. The van der Waals surface area contributed by atoms with Gasteiger partial charge < -0.3 is 14.2 Å². The van der Waals surface area contributed by atoms with Crippen LogP contribution in [0, 0.1) is 0 Å². The van der Waals surface area contributed by atoms with E-state index in [4.69, 9.17) is 9.47 Å². The van der Waals surface area contributed by atoms with Crippen LogP contribution >= 0.6 is 0 Å². The highest BCUT2D eigenvalue weighted by atomic mass is 16.8. The Bertz CT molecular complexity index is 634. The molecule has 0 saturated carbocycles. The van der Waals surface area contributed by atoms with Crippen LogP contribution in [0.25, 0.3) is 0 Å². The van der Waals surface area contributed by atoms with Crippen molar-refractivity contribution in [3.05, 3.63) is 59.7 Å². The van der Waals surface area contributed by atoms with E-state index in [-0.39, 0.29) is 0 Å². The predicted molar refractivity (Wildman–Crippen MR) is 84.8 cm³/mol. The molecule has 23 heavy (non-hydrogen) atoms. The summed E-state index contributed by atoms with van der Waals surface area (Å²) in [5.74, 6) is 0.725. The molecule has 0 saturated heterocycles. The molecular weight excluding hydrogens is 296 g/mol. The number of carbonyl (C=O) groups is 2. The van der Waals surface area contributed by atoms with Gasteiger partial charge in [0, 0.05) is 0 Å². The summed E-state index contributed by atoms with van der Waals surface area (Å²) >= 11 is 0. The summed E-state index contributed by atoms with van der Waals surface area (Å²) in [5, 5.41) is 0. The molecule has 0 aliphatic carbocycles. The van der Waals surface area contributed by atoms with Crippen molar-refractivity contribution in [3.63, 3.8) is 0 Å². The lowest BCUT2D eigenvalue weighted by Crippen LogP contribution is -2.20. The van der Waals surface area contributed by atoms with E-state index in [9.17, 15) is 9.59 Å². The van der Waals surface area contributed by atoms with Crippen molar-refractivity contribution in [2.45, 2.75) is 26.7 Å². The van der Waals surface area contributed by atoms with Crippen LogP contribution in [0.15, 0.2) is 48.5 Å². The maximum Gasteiger partial charge on any atom is 0.524 e. The molecule has 0 unspecified atom stereocenters. The predicted octanol–water partition coefficient (Wildman–Crippen LogP) is 4.53. The number of hydrogen-bond acceptors (Lipinski definition) is 5. The Morgan fingerprint density at radius 2 is 1.13 bits per heavy atom. The minimum absolute atomic E-state index is 0.363. The topological polar surface area (TPSA) is 61.8 Å². The second-order valence-electron chi connectivity index (χ2n) is 4.73. The SMILES string of the molecule is CCc1ccccc1OC(=O)OC(=O)Oc1ccccc1CC. The van der Waals surface area contributed by atoms with Gasteiger partial charge in [0.15, 0.2) is 0 Å². The van der Waals surface area contributed by atoms with Crippen LogP contribution in [-0.2, 0) is 17.6 Å². The van der Waals surface area contributed by atoms with E-state index in [1.54, 1.807) is 24.3 Å². The van der Waals surface area contributed by atoms with Gasteiger partial charge in [0.2, 0.25) is 0 Å². The van der Waals surface area contributed by atoms with E-state index in [0.29, 0.717) is 24.3 Å². The third-order valence-corrected chi connectivity index (χ3v) is 3.26. The Balaban J connectivity index is 1.96. The van der Waals surface area contributed by atoms with Gasteiger partial charge in [-0.25, -0.2) is 9.59 Å². The van der Waals surface area contributed by atoms with Gasteiger partial charge in [-0.2, -0.15) is 0 Å². The molecule has 0 aromatic heterocycles. The van der Waals surface area contributed by atoms with Crippen LogP contribution < -0.4 is 9.47 Å². The Morgan fingerprint density at radius 3 is 1.52 bits per heavy atom. The van der Waals surface area contributed by atoms with Crippen LogP contribution in [-0.4, -0.2) is 12.3 Å². The summed E-state index contributed by atoms with van der Waals surface area (Å²) < 4.78 is 14.6. The first-order chi connectivity index (χ1) is 11.1. The minimum Gasteiger partial charge on any atom is -0.394 e. The van der Waals surface area contributed by atoms with Crippen molar-refractivity contribution in [3.8, 4) is 11.5 Å². The van der Waals surface area contributed by atoms with Gasteiger partial charge >= 0.3 is 12.3 Å². The molecule has 0 atom stereocenters. The van der Waals surface area contributed by atoms with Crippen LogP contribution in [0.4, 0.5) is 9.59 Å². The minimum atomic E-state index is -1.12. The van der Waals surface area contributed by atoms with E-state index in [2.05, 4.69) is 4.74 Å². The zero-order valence-corrected chi connectivity index (χ0v) is 13.1. The van der Waals surface area contributed by atoms with Crippen molar-refractivity contribution in [2.24, 2.45) is 0 Å². The Hall–Kier alpha value is -2.82. The van der Waals surface area contributed by atoms with E-state index < -0.39 is 12.3 Å².